The summed E-state index contributed by atoms with van der Waals surface area (Å²) in [6, 6.07) is 14.0. The van der Waals surface area contributed by atoms with E-state index < -0.39 is 10.0 Å². The van der Waals surface area contributed by atoms with Crippen molar-refractivity contribution in [1.82, 2.24) is 14.4 Å². The lowest BCUT2D eigenvalue weighted by atomic mass is 10.2. The minimum Gasteiger partial charge on any atom is -0.494 e. The molecule has 0 N–H and O–H groups in total. The van der Waals surface area contributed by atoms with Crippen LogP contribution in [0.2, 0.25) is 0 Å². The van der Waals surface area contributed by atoms with Crippen molar-refractivity contribution < 1.29 is 17.7 Å². The summed E-state index contributed by atoms with van der Waals surface area (Å²) >= 11 is 1.55. The van der Waals surface area contributed by atoms with Gasteiger partial charge in [0, 0.05) is 17.5 Å². The molecule has 1 heterocycles. The second-order valence-electron chi connectivity index (χ2n) is 5.91. The van der Waals surface area contributed by atoms with Crippen LogP contribution >= 0.6 is 11.8 Å². The van der Waals surface area contributed by atoms with Crippen molar-refractivity contribution in [3.8, 4) is 17.1 Å². The van der Waals surface area contributed by atoms with Gasteiger partial charge in [0.25, 0.3) is 0 Å². The van der Waals surface area contributed by atoms with E-state index in [9.17, 15) is 8.42 Å². The van der Waals surface area contributed by atoms with Gasteiger partial charge < -0.3 is 9.26 Å². The molecular formula is C19H21N3O4S2. The Morgan fingerprint density at radius 1 is 1.11 bits per heavy atom. The molecule has 0 aliphatic carbocycles. The summed E-state index contributed by atoms with van der Waals surface area (Å²) in [6.07, 6.45) is 1.94. The molecule has 0 atom stereocenters. The van der Waals surface area contributed by atoms with Crippen molar-refractivity contribution in [2.45, 2.75) is 23.3 Å². The van der Waals surface area contributed by atoms with Crippen LogP contribution in [0.3, 0.4) is 0 Å². The second-order valence-corrected chi connectivity index (χ2v) is 8.83. The molecule has 0 aliphatic rings. The minimum atomic E-state index is -3.65. The molecule has 1 aromatic heterocycles. The van der Waals surface area contributed by atoms with Gasteiger partial charge in [-0.25, -0.2) is 8.42 Å². The fourth-order valence-electron chi connectivity index (χ4n) is 2.51. The Bertz CT molecular complexity index is 1020. The average Bonchev–Trinajstić information content (AvgIpc) is 3.17. The van der Waals surface area contributed by atoms with Crippen LogP contribution in [0.25, 0.3) is 11.4 Å². The van der Waals surface area contributed by atoms with Gasteiger partial charge in [0.15, 0.2) is 0 Å². The molecule has 0 unspecified atom stereocenters. The first kappa shape index (κ1) is 20.4. The van der Waals surface area contributed by atoms with Crippen molar-refractivity contribution in [3.05, 3.63) is 54.4 Å². The number of benzene rings is 2. The molecule has 2 aromatic carbocycles. The minimum absolute atomic E-state index is 0.0172. The highest BCUT2D eigenvalue weighted by Gasteiger charge is 2.23. The van der Waals surface area contributed by atoms with E-state index >= 15 is 0 Å². The predicted molar refractivity (Wildman–Crippen MR) is 108 cm³/mol. The number of hydrogen-bond donors (Lipinski definition) is 0. The van der Waals surface area contributed by atoms with Crippen molar-refractivity contribution in [2.24, 2.45) is 0 Å². The van der Waals surface area contributed by atoms with Crippen molar-refractivity contribution in [1.29, 1.82) is 0 Å². The zero-order valence-electron chi connectivity index (χ0n) is 15.8. The number of ether oxygens (including phenoxy) is 1. The van der Waals surface area contributed by atoms with Gasteiger partial charge in [-0.05, 0) is 61.7 Å². The first-order valence-electron chi connectivity index (χ1n) is 8.60. The third kappa shape index (κ3) is 4.54. The maximum atomic E-state index is 12.7. The Kier molecular flexibility index (Phi) is 6.38. The molecule has 0 fully saturated rings. The van der Waals surface area contributed by atoms with E-state index in [0.717, 1.165) is 16.2 Å². The van der Waals surface area contributed by atoms with Gasteiger partial charge in [0.1, 0.15) is 5.75 Å². The molecule has 0 radical (unpaired) electrons. The van der Waals surface area contributed by atoms with Crippen LogP contribution in [-0.4, -0.2) is 42.8 Å². The van der Waals surface area contributed by atoms with Gasteiger partial charge >= 0.3 is 0 Å². The molecule has 9 heteroatoms. The summed E-state index contributed by atoms with van der Waals surface area (Å²) in [5.74, 6) is 1.37. The summed E-state index contributed by atoms with van der Waals surface area (Å²) in [5.41, 5.74) is 0.761. The summed E-state index contributed by atoms with van der Waals surface area (Å²) in [7, 11) is -2.17. The summed E-state index contributed by atoms with van der Waals surface area (Å²) < 4.78 is 37.3. The predicted octanol–water partition coefficient (Wildman–Crippen LogP) is 3.68. The zero-order chi connectivity index (χ0) is 20.1. The largest absolute Gasteiger partial charge is 0.494 e. The van der Waals surface area contributed by atoms with Crippen molar-refractivity contribution in [2.75, 3.05) is 19.9 Å². The smallest absolute Gasteiger partial charge is 0.243 e. The van der Waals surface area contributed by atoms with Crippen molar-refractivity contribution in [3.63, 3.8) is 0 Å². The van der Waals surface area contributed by atoms with Gasteiger partial charge in [-0.3, -0.25) is 0 Å². The Labute approximate surface area is 168 Å². The molecule has 0 saturated carbocycles. The molecule has 3 rings (SSSR count). The van der Waals surface area contributed by atoms with E-state index in [0.29, 0.717) is 12.4 Å². The van der Waals surface area contributed by atoms with Crippen LogP contribution < -0.4 is 4.74 Å². The van der Waals surface area contributed by atoms with E-state index in [1.165, 1.54) is 11.4 Å². The molecule has 3 aromatic rings. The number of nitrogens with zero attached hydrogens (tertiary/aromatic N) is 3. The van der Waals surface area contributed by atoms with Crippen LogP contribution in [0.5, 0.6) is 5.75 Å². The normalized spacial score (nSPS) is 11.7. The average molecular weight is 420 g/mol. The first-order valence-corrected chi connectivity index (χ1v) is 11.3. The van der Waals surface area contributed by atoms with Gasteiger partial charge in [-0.15, -0.1) is 11.8 Å². The van der Waals surface area contributed by atoms with Crippen LogP contribution in [0.4, 0.5) is 0 Å². The van der Waals surface area contributed by atoms with E-state index in [2.05, 4.69) is 10.1 Å². The lowest BCUT2D eigenvalue weighted by Crippen LogP contribution is -2.26. The maximum absolute atomic E-state index is 12.7. The number of hydrogen-bond acceptors (Lipinski definition) is 7. The number of aromatic nitrogens is 2. The Morgan fingerprint density at radius 3 is 2.39 bits per heavy atom. The number of sulfonamides is 1. The molecule has 0 bridgehead atoms. The molecular weight excluding hydrogens is 398 g/mol. The highest BCUT2D eigenvalue weighted by atomic mass is 32.2. The van der Waals surface area contributed by atoms with Gasteiger partial charge in [-0.2, -0.15) is 9.29 Å². The third-order valence-electron chi connectivity index (χ3n) is 4.02. The first-order chi connectivity index (χ1) is 13.4. The fraction of sp³-hybridized carbons (Fsp3) is 0.263. The highest BCUT2D eigenvalue weighted by Crippen LogP contribution is 2.23. The SMILES string of the molecule is CCOc1ccc(-c2noc(CN(C)S(=O)(=O)c3ccc(SC)cc3)n2)cc1. The molecule has 0 spiro atoms. The van der Waals surface area contributed by atoms with Gasteiger partial charge in [0.05, 0.1) is 18.0 Å². The van der Waals surface area contributed by atoms with E-state index in [1.807, 2.05) is 37.4 Å². The van der Waals surface area contributed by atoms with E-state index in [4.69, 9.17) is 9.26 Å². The Morgan fingerprint density at radius 2 is 1.79 bits per heavy atom. The molecule has 0 amide bonds. The fourth-order valence-corrected chi connectivity index (χ4v) is 4.03. The molecule has 7 nitrogen and oxygen atoms in total. The third-order valence-corrected chi connectivity index (χ3v) is 6.58. The second kappa shape index (κ2) is 8.76. The highest BCUT2D eigenvalue weighted by molar-refractivity contribution is 7.98. The monoisotopic (exact) mass is 419 g/mol. The van der Waals surface area contributed by atoms with Gasteiger partial charge in [-0.1, -0.05) is 5.16 Å². The van der Waals surface area contributed by atoms with E-state index in [-0.39, 0.29) is 17.3 Å². The van der Waals surface area contributed by atoms with Crippen LogP contribution in [0, 0.1) is 0 Å². The summed E-state index contributed by atoms with van der Waals surface area (Å²) in [5, 5.41) is 3.94. The Balaban J connectivity index is 1.72. The van der Waals surface area contributed by atoms with Crippen LogP contribution in [-0.2, 0) is 16.6 Å². The van der Waals surface area contributed by atoms with E-state index in [1.54, 1.807) is 36.0 Å². The molecule has 0 aliphatic heterocycles. The molecule has 0 saturated heterocycles. The summed E-state index contributed by atoms with van der Waals surface area (Å²) in [6.45, 7) is 2.49. The van der Waals surface area contributed by atoms with Crippen molar-refractivity contribution >= 4 is 21.8 Å². The maximum Gasteiger partial charge on any atom is 0.243 e. The lowest BCUT2D eigenvalue weighted by Gasteiger charge is -2.15. The van der Waals surface area contributed by atoms with Crippen LogP contribution in [0.15, 0.2) is 62.8 Å². The standard InChI is InChI=1S/C19H21N3O4S2/c1-4-25-15-7-5-14(6-8-15)19-20-18(26-21-19)13-22(2)28(23,24)17-11-9-16(27-3)10-12-17/h5-12H,4,13H2,1-3H3. The molecule has 28 heavy (non-hydrogen) atoms. The molecule has 148 valence electrons. The number of thioether (sulfide) groups is 1. The topological polar surface area (TPSA) is 85.5 Å². The zero-order valence-corrected chi connectivity index (χ0v) is 17.5. The quantitative estimate of drug-likeness (QED) is 0.515. The number of rotatable bonds is 8. The van der Waals surface area contributed by atoms with Crippen LogP contribution in [0.1, 0.15) is 12.8 Å². The van der Waals surface area contributed by atoms with Gasteiger partial charge in [0.2, 0.25) is 21.7 Å². The summed E-state index contributed by atoms with van der Waals surface area (Å²) in [4.78, 5) is 5.52. The lowest BCUT2D eigenvalue weighted by molar-refractivity contribution is 0.336. The Hall–Kier alpha value is -2.36.